The normalized spacial score (nSPS) is 21.1. The maximum absolute atomic E-state index is 5.19. The highest BCUT2D eigenvalue weighted by Crippen LogP contribution is 2.11. The number of hydrogen-bond donors (Lipinski definition) is 1. The molecule has 2 heteroatoms. The quantitative estimate of drug-likeness (QED) is 0.538. The second kappa shape index (κ2) is 6.86. The van der Waals surface area contributed by atoms with E-state index < -0.39 is 0 Å². The second-order valence-corrected chi connectivity index (χ2v) is 4.13. The first-order chi connectivity index (χ1) is 6.84. The predicted octanol–water partition coefficient (Wildman–Crippen LogP) is 1.47. The number of likely N-dealkylation sites (tertiary alicyclic amines) is 1. The highest BCUT2D eigenvalue weighted by molar-refractivity contribution is 4.87. The molecule has 14 heavy (non-hydrogen) atoms. The van der Waals surface area contributed by atoms with Crippen LogP contribution >= 0.6 is 0 Å². The lowest BCUT2D eigenvalue weighted by molar-refractivity contribution is 0.214. The van der Waals surface area contributed by atoms with Crippen LogP contribution in [0.4, 0.5) is 0 Å². The fourth-order valence-corrected chi connectivity index (χ4v) is 2.02. The number of hydrogen-bond acceptors (Lipinski definition) is 2. The molecule has 0 spiro atoms. The number of terminal acetylenes is 1. The summed E-state index contributed by atoms with van der Waals surface area (Å²) in [6, 6.07) is 0.626. The summed E-state index contributed by atoms with van der Waals surface area (Å²) >= 11 is 0. The fraction of sp³-hybridized carbons (Fsp3) is 0.833. The van der Waals surface area contributed by atoms with E-state index in [4.69, 9.17) is 6.42 Å². The minimum atomic E-state index is 0.626. The lowest BCUT2D eigenvalue weighted by Crippen LogP contribution is -2.41. The third-order valence-electron chi connectivity index (χ3n) is 2.93. The molecule has 0 saturated carbocycles. The molecule has 1 saturated heterocycles. The zero-order valence-corrected chi connectivity index (χ0v) is 9.26. The van der Waals surface area contributed by atoms with Gasteiger partial charge in [-0.15, -0.1) is 6.42 Å². The molecule has 0 aliphatic carbocycles. The molecule has 1 aliphatic rings. The van der Waals surface area contributed by atoms with Gasteiger partial charge in [-0.05, 0) is 32.9 Å². The highest BCUT2D eigenvalue weighted by atomic mass is 15.2. The van der Waals surface area contributed by atoms with Gasteiger partial charge >= 0.3 is 0 Å². The summed E-state index contributed by atoms with van der Waals surface area (Å²) in [5.41, 5.74) is 0. The summed E-state index contributed by atoms with van der Waals surface area (Å²) in [5.74, 6) is 2.61. The van der Waals surface area contributed by atoms with Gasteiger partial charge in [-0.1, -0.05) is 18.8 Å². The van der Waals surface area contributed by atoms with Gasteiger partial charge in [0.1, 0.15) is 0 Å². The summed E-state index contributed by atoms with van der Waals surface area (Å²) in [6.45, 7) is 6.52. The fourth-order valence-electron chi connectivity index (χ4n) is 2.02. The molecular formula is C12H22N2. The summed E-state index contributed by atoms with van der Waals surface area (Å²) in [4.78, 5) is 2.58. The summed E-state index contributed by atoms with van der Waals surface area (Å²) in [5, 5.41) is 3.27. The molecule has 0 aromatic rings. The van der Waals surface area contributed by atoms with E-state index in [0.29, 0.717) is 12.6 Å². The van der Waals surface area contributed by atoms with E-state index in [9.17, 15) is 0 Å². The van der Waals surface area contributed by atoms with Crippen molar-refractivity contribution >= 4 is 0 Å². The van der Waals surface area contributed by atoms with Gasteiger partial charge in [-0.3, -0.25) is 4.90 Å². The van der Waals surface area contributed by atoms with E-state index in [1.165, 1.54) is 38.8 Å². The minimum absolute atomic E-state index is 0.626. The summed E-state index contributed by atoms with van der Waals surface area (Å²) in [6.07, 6.45) is 10.7. The Morgan fingerprint density at radius 1 is 1.29 bits per heavy atom. The molecule has 0 aromatic heterocycles. The molecule has 1 aliphatic heterocycles. The molecule has 0 amide bonds. The van der Waals surface area contributed by atoms with Crippen LogP contribution in [0.25, 0.3) is 0 Å². The van der Waals surface area contributed by atoms with Crippen molar-refractivity contribution in [2.45, 2.75) is 38.6 Å². The van der Waals surface area contributed by atoms with Gasteiger partial charge in [0, 0.05) is 12.6 Å². The first kappa shape index (κ1) is 11.6. The highest BCUT2D eigenvalue weighted by Gasteiger charge is 2.14. The monoisotopic (exact) mass is 194 g/mol. The van der Waals surface area contributed by atoms with Gasteiger partial charge in [0.2, 0.25) is 0 Å². The predicted molar refractivity (Wildman–Crippen MR) is 61.2 cm³/mol. The molecule has 1 atom stereocenters. The summed E-state index contributed by atoms with van der Waals surface area (Å²) in [7, 11) is 0. The first-order valence-electron chi connectivity index (χ1n) is 5.73. The molecule has 0 radical (unpaired) electrons. The van der Waals surface area contributed by atoms with E-state index in [2.05, 4.69) is 23.1 Å². The molecule has 0 aromatic carbocycles. The van der Waals surface area contributed by atoms with Gasteiger partial charge in [-0.25, -0.2) is 0 Å². The van der Waals surface area contributed by atoms with Crippen molar-refractivity contribution in [2.75, 3.05) is 26.2 Å². The second-order valence-electron chi connectivity index (χ2n) is 4.13. The van der Waals surface area contributed by atoms with Crippen LogP contribution in [0, 0.1) is 12.3 Å². The zero-order chi connectivity index (χ0) is 10.2. The third-order valence-corrected chi connectivity index (χ3v) is 2.93. The van der Waals surface area contributed by atoms with Crippen molar-refractivity contribution < 1.29 is 0 Å². The lowest BCUT2D eigenvalue weighted by atomic mass is 10.2. The number of nitrogens with one attached hydrogen (secondary N) is 1. The minimum Gasteiger partial charge on any atom is -0.305 e. The molecule has 80 valence electrons. The molecule has 0 bridgehead atoms. The van der Waals surface area contributed by atoms with Crippen LogP contribution in [0.15, 0.2) is 0 Å². The Hall–Kier alpha value is -0.520. The van der Waals surface area contributed by atoms with Crippen LogP contribution < -0.4 is 5.32 Å². The zero-order valence-electron chi connectivity index (χ0n) is 9.26. The molecular weight excluding hydrogens is 172 g/mol. The summed E-state index contributed by atoms with van der Waals surface area (Å²) < 4.78 is 0. The van der Waals surface area contributed by atoms with E-state index in [0.717, 1.165) is 6.54 Å². The van der Waals surface area contributed by atoms with Crippen molar-refractivity contribution in [2.24, 2.45) is 0 Å². The Labute approximate surface area is 88.1 Å². The van der Waals surface area contributed by atoms with Gasteiger partial charge in [0.15, 0.2) is 0 Å². The van der Waals surface area contributed by atoms with Gasteiger partial charge in [-0.2, -0.15) is 0 Å². The molecule has 2 nitrogen and oxygen atoms in total. The number of rotatable bonds is 4. The van der Waals surface area contributed by atoms with Crippen molar-refractivity contribution in [3.8, 4) is 12.3 Å². The Morgan fingerprint density at radius 2 is 1.93 bits per heavy atom. The molecule has 1 N–H and O–H groups in total. The maximum Gasteiger partial charge on any atom is 0.0574 e. The first-order valence-corrected chi connectivity index (χ1v) is 5.73. The molecule has 1 rings (SSSR count). The largest absolute Gasteiger partial charge is 0.305 e. The molecule has 1 heterocycles. The van der Waals surface area contributed by atoms with Crippen molar-refractivity contribution in [3.05, 3.63) is 0 Å². The van der Waals surface area contributed by atoms with E-state index in [1.54, 1.807) is 0 Å². The van der Waals surface area contributed by atoms with Gasteiger partial charge in [0.25, 0.3) is 0 Å². The van der Waals surface area contributed by atoms with Crippen LogP contribution in [0.1, 0.15) is 32.6 Å². The Morgan fingerprint density at radius 3 is 2.50 bits per heavy atom. The third kappa shape index (κ3) is 4.13. The topological polar surface area (TPSA) is 15.3 Å². The SMILES string of the molecule is C#CCNCC(C)N1CCCCCC1. The Kier molecular flexibility index (Phi) is 5.66. The van der Waals surface area contributed by atoms with Crippen LogP contribution in [0.2, 0.25) is 0 Å². The van der Waals surface area contributed by atoms with E-state index in [-0.39, 0.29) is 0 Å². The molecule has 1 fully saturated rings. The Balaban J connectivity index is 2.20. The van der Waals surface area contributed by atoms with Gasteiger partial charge < -0.3 is 5.32 Å². The average molecular weight is 194 g/mol. The maximum atomic E-state index is 5.19. The van der Waals surface area contributed by atoms with Crippen LogP contribution in [-0.2, 0) is 0 Å². The average Bonchev–Trinajstić information content (AvgIpc) is 2.46. The van der Waals surface area contributed by atoms with Crippen molar-refractivity contribution in [3.63, 3.8) is 0 Å². The smallest absolute Gasteiger partial charge is 0.0574 e. The molecule has 1 unspecified atom stereocenters. The standard InChI is InChI=1S/C12H22N2/c1-3-8-13-11-12(2)14-9-6-4-5-7-10-14/h1,12-13H,4-11H2,2H3. The van der Waals surface area contributed by atoms with E-state index >= 15 is 0 Å². The van der Waals surface area contributed by atoms with Crippen molar-refractivity contribution in [1.29, 1.82) is 0 Å². The van der Waals surface area contributed by atoms with Crippen molar-refractivity contribution in [1.82, 2.24) is 10.2 Å². The van der Waals surface area contributed by atoms with E-state index in [1.807, 2.05) is 0 Å². The number of nitrogens with zero attached hydrogens (tertiary/aromatic N) is 1. The van der Waals surface area contributed by atoms with Crippen LogP contribution in [0.3, 0.4) is 0 Å². The van der Waals surface area contributed by atoms with Crippen LogP contribution in [-0.4, -0.2) is 37.1 Å². The Bertz CT molecular complexity index is 175. The lowest BCUT2D eigenvalue weighted by Gasteiger charge is -2.27. The van der Waals surface area contributed by atoms with Crippen LogP contribution in [0.5, 0.6) is 0 Å². The van der Waals surface area contributed by atoms with Gasteiger partial charge in [0.05, 0.1) is 6.54 Å².